The van der Waals surface area contributed by atoms with Gasteiger partial charge >= 0.3 is 0 Å². The number of benzene rings is 2. The van der Waals surface area contributed by atoms with Crippen LogP contribution in [0.1, 0.15) is 10.4 Å². The molecule has 2 heterocycles. The molecule has 0 unspecified atom stereocenters. The van der Waals surface area contributed by atoms with Crippen LogP contribution in [0.3, 0.4) is 0 Å². The van der Waals surface area contributed by atoms with Crippen LogP contribution >= 0.6 is 0 Å². The maximum absolute atomic E-state index is 12.4. The number of amides is 1. The summed E-state index contributed by atoms with van der Waals surface area (Å²) in [6.07, 6.45) is 1.51. The molecule has 0 spiro atoms. The van der Waals surface area contributed by atoms with E-state index in [4.69, 9.17) is 14.2 Å². The zero-order valence-corrected chi connectivity index (χ0v) is 14.6. The SMILES string of the molecule is COc1ccccc1Nc1ccc(C(=O)Nc2ccc3c(c2)OCO3)cn1. The molecule has 7 nitrogen and oxygen atoms in total. The van der Waals surface area contributed by atoms with E-state index in [9.17, 15) is 4.79 Å². The molecule has 0 saturated heterocycles. The van der Waals surface area contributed by atoms with E-state index >= 15 is 0 Å². The van der Waals surface area contributed by atoms with Crippen molar-refractivity contribution in [1.82, 2.24) is 4.98 Å². The fraction of sp³-hybridized carbons (Fsp3) is 0.100. The molecule has 1 aliphatic rings. The van der Waals surface area contributed by atoms with Gasteiger partial charge in [0, 0.05) is 18.0 Å². The van der Waals surface area contributed by atoms with E-state index in [1.807, 2.05) is 24.3 Å². The highest BCUT2D eigenvalue weighted by atomic mass is 16.7. The third-order valence-electron chi connectivity index (χ3n) is 4.03. The third kappa shape index (κ3) is 3.62. The van der Waals surface area contributed by atoms with Gasteiger partial charge in [-0.2, -0.15) is 0 Å². The largest absolute Gasteiger partial charge is 0.495 e. The molecule has 0 bridgehead atoms. The van der Waals surface area contributed by atoms with Crippen LogP contribution in [0.4, 0.5) is 17.2 Å². The summed E-state index contributed by atoms with van der Waals surface area (Å²) in [5.74, 6) is 2.34. The van der Waals surface area contributed by atoms with Crippen LogP contribution in [-0.2, 0) is 0 Å². The van der Waals surface area contributed by atoms with Crippen LogP contribution in [0, 0.1) is 0 Å². The summed E-state index contributed by atoms with van der Waals surface area (Å²) in [5.41, 5.74) is 1.86. The summed E-state index contributed by atoms with van der Waals surface area (Å²) < 4.78 is 15.9. The number of aromatic nitrogens is 1. The van der Waals surface area contributed by atoms with E-state index in [1.165, 1.54) is 6.20 Å². The summed E-state index contributed by atoms with van der Waals surface area (Å²) in [4.78, 5) is 16.7. The summed E-state index contributed by atoms with van der Waals surface area (Å²) >= 11 is 0. The lowest BCUT2D eigenvalue weighted by molar-refractivity contribution is 0.102. The Morgan fingerprint density at radius 3 is 2.74 bits per heavy atom. The van der Waals surface area contributed by atoms with Crippen molar-refractivity contribution in [2.75, 3.05) is 24.5 Å². The van der Waals surface area contributed by atoms with Crippen LogP contribution in [0.15, 0.2) is 60.8 Å². The number of hydrogen-bond acceptors (Lipinski definition) is 6. The Balaban J connectivity index is 1.44. The predicted octanol–water partition coefficient (Wildman–Crippen LogP) is 3.81. The molecule has 0 saturated carbocycles. The van der Waals surface area contributed by atoms with Crippen molar-refractivity contribution in [3.05, 3.63) is 66.4 Å². The van der Waals surface area contributed by atoms with Crippen molar-refractivity contribution < 1.29 is 19.0 Å². The maximum atomic E-state index is 12.4. The molecule has 1 amide bonds. The van der Waals surface area contributed by atoms with Gasteiger partial charge in [0.05, 0.1) is 18.4 Å². The Bertz CT molecular complexity index is 973. The summed E-state index contributed by atoms with van der Waals surface area (Å²) in [7, 11) is 1.61. The van der Waals surface area contributed by atoms with Gasteiger partial charge in [0.25, 0.3) is 5.91 Å². The molecule has 27 heavy (non-hydrogen) atoms. The maximum Gasteiger partial charge on any atom is 0.257 e. The van der Waals surface area contributed by atoms with Crippen molar-refractivity contribution >= 4 is 23.1 Å². The number of methoxy groups -OCH3 is 1. The number of ether oxygens (including phenoxy) is 3. The van der Waals surface area contributed by atoms with Gasteiger partial charge < -0.3 is 24.8 Å². The highest BCUT2D eigenvalue weighted by Gasteiger charge is 2.15. The average Bonchev–Trinajstić information content (AvgIpc) is 3.17. The average molecular weight is 363 g/mol. The molecule has 0 radical (unpaired) electrons. The first-order valence-corrected chi connectivity index (χ1v) is 8.30. The fourth-order valence-electron chi connectivity index (χ4n) is 2.67. The lowest BCUT2D eigenvalue weighted by atomic mass is 10.2. The van der Waals surface area contributed by atoms with Crippen LogP contribution in [0.2, 0.25) is 0 Å². The van der Waals surface area contributed by atoms with Gasteiger partial charge in [0.2, 0.25) is 6.79 Å². The van der Waals surface area contributed by atoms with Crippen molar-refractivity contribution in [3.63, 3.8) is 0 Å². The number of carbonyl (C=O) groups is 1. The van der Waals surface area contributed by atoms with Gasteiger partial charge in [-0.25, -0.2) is 4.98 Å². The number of para-hydroxylation sites is 2. The summed E-state index contributed by atoms with van der Waals surface area (Å²) in [5, 5.41) is 5.99. The molecule has 3 aromatic rings. The van der Waals surface area contributed by atoms with Crippen LogP contribution in [-0.4, -0.2) is 24.8 Å². The molecule has 2 N–H and O–H groups in total. The van der Waals surface area contributed by atoms with Gasteiger partial charge in [-0.05, 0) is 36.4 Å². The minimum absolute atomic E-state index is 0.192. The molecule has 7 heteroatoms. The second-order valence-electron chi connectivity index (χ2n) is 5.78. The molecular formula is C20H17N3O4. The lowest BCUT2D eigenvalue weighted by Crippen LogP contribution is -2.12. The smallest absolute Gasteiger partial charge is 0.257 e. The monoisotopic (exact) mass is 363 g/mol. The van der Waals surface area contributed by atoms with Crippen molar-refractivity contribution in [2.24, 2.45) is 0 Å². The Morgan fingerprint density at radius 1 is 1.07 bits per heavy atom. The molecule has 0 aliphatic carbocycles. The number of fused-ring (bicyclic) bond motifs is 1. The normalized spacial score (nSPS) is 11.7. The van der Waals surface area contributed by atoms with E-state index in [-0.39, 0.29) is 12.7 Å². The van der Waals surface area contributed by atoms with E-state index < -0.39 is 0 Å². The quantitative estimate of drug-likeness (QED) is 0.717. The highest BCUT2D eigenvalue weighted by molar-refractivity contribution is 6.04. The number of carbonyl (C=O) groups excluding carboxylic acids is 1. The van der Waals surface area contributed by atoms with Gasteiger partial charge in [-0.15, -0.1) is 0 Å². The van der Waals surface area contributed by atoms with Gasteiger partial charge in [0.15, 0.2) is 11.5 Å². The molecule has 1 aliphatic heterocycles. The molecule has 2 aromatic carbocycles. The highest BCUT2D eigenvalue weighted by Crippen LogP contribution is 2.34. The minimum Gasteiger partial charge on any atom is -0.495 e. The van der Waals surface area contributed by atoms with Crippen molar-refractivity contribution in [2.45, 2.75) is 0 Å². The third-order valence-corrected chi connectivity index (χ3v) is 4.03. The number of pyridine rings is 1. The molecule has 0 fully saturated rings. The molecular weight excluding hydrogens is 346 g/mol. The van der Waals surface area contributed by atoms with Crippen LogP contribution < -0.4 is 24.8 Å². The van der Waals surface area contributed by atoms with E-state index in [1.54, 1.807) is 37.4 Å². The van der Waals surface area contributed by atoms with E-state index in [0.717, 1.165) is 5.69 Å². The first kappa shape index (κ1) is 16.7. The second-order valence-corrected chi connectivity index (χ2v) is 5.78. The van der Waals surface area contributed by atoms with Crippen molar-refractivity contribution in [3.8, 4) is 17.2 Å². The predicted molar refractivity (Wildman–Crippen MR) is 101 cm³/mol. The van der Waals surface area contributed by atoms with E-state index in [2.05, 4.69) is 15.6 Å². The van der Waals surface area contributed by atoms with Gasteiger partial charge in [-0.3, -0.25) is 4.79 Å². The summed E-state index contributed by atoms with van der Waals surface area (Å²) in [6, 6.07) is 16.2. The number of hydrogen-bond donors (Lipinski definition) is 2. The van der Waals surface area contributed by atoms with Crippen molar-refractivity contribution in [1.29, 1.82) is 0 Å². The van der Waals surface area contributed by atoms with Crippen LogP contribution in [0.25, 0.3) is 0 Å². The molecule has 136 valence electrons. The lowest BCUT2D eigenvalue weighted by Gasteiger charge is -2.10. The Hall–Kier alpha value is -3.74. The number of anilines is 3. The number of rotatable bonds is 5. The number of nitrogens with zero attached hydrogens (tertiary/aromatic N) is 1. The van der Waals surface area contributed by atoms with Crippen LogP contribution in [0.5, 0.6) is 17.2 Å². The molecule has 1 aromatic heterocycles. The first-order chi connectivity index (χ1) is 13.2. The first-order valence-electron chi connectivity index (χ1n) is 8.30. The van der Waals surface area contributed by atoms with Gasteiger partial charge in [0.1, 0.15) is 11.6 Å². The zero-order valence-electron chi connectivity index (χ0n) is 14.6. The van der Waals surface area contributed by atoms with E-state index in [0.29, 0.717) is 34.3 Å². The Morgan fingerprint density at radius 2 is 1.93 bits per heavy atom. The standard InChI is InChI=1S/C20H17N3O4/c1-25-16-5-3-2-4-15(16)23-19-9-6-13(11-21-19)20(24)22-14-7-8-17-18(10-14)27-12-26-17/h2-11H,12H2,1H3,(H,21,23)(H,22,24). The summed E-state index contributed by atoms with van der Waals surface area (Å²) in [6.45, 7) is 0.192. The Kier molecular flexibility index (Phi) is 4.49. The fourth-order valence-corrected chi connectivity index (χ4v) is 2.67. The second kappa shape index (κ2) is 7.25. The molecule has 4 rings (SSSR count). The molecule has 0 atom stereocenters. The minimum atomic E-state index is -0.259. The number of nitrogens with one attached hydrogen (secondary N) is 2. The Labute approximate surface area is 155 Å². The topological polar surface area (TPSA) is 81.7 Å². The van der Waals surface area contributed by atoms with Gasteiger partial charge in [-0.1, -0.05) is 12.1 Å². The zero-order chi connectivity index (χ0) is 18.6.